The molecule has 0 heterocycles. The quantitative estimate of drug-likeness (QED) is 0.0473. The maximum atomic E-state index is 12.3. The van der Waals surface area contributed by atoms with Crippen LogP contribution in [0.1, 0.15) is 213 Å². The van der Waals surface area contributed by atoms with Crippen LogP contribution in [-0.4, -0.2) is 48.1 Å². The molecule has 0 amide bonds. The lowest BCUT2D eigenvalue weighted by molar-refractivity contribution is -0.147. The van der Waals surface area contributed by atoms with Crippen molar-refractivity contribution in [3.8, 4) is 0 Å². The minimum atomic E-state index is -0.748. The molecule has 0 bridgehead atoms. The van der Waals surface area contributed by atoms with Crippen molar-refractivity contribution in [2.45, 2.75) is 225 Å². The van der Waals surface area contributed by atoms with Crippen molar-refractivity contribution in [1.29, 1.82) is 0 Å². The van der Waals surface area contributed by atoms with Crippen LogP contribution in [0.5, 0.6) is 0 Å². The molecule has 264 valence electrons. The van der Waals surface area contributed by atoms with Crippen LogP contribution in [0, 0.1) is 0 Å². The van der Waals surface area contributed by atoms with E-state index < -0.39 is 18.1 Å². The summed E-state index contributed by atoms with van der Waals surface area (Å²) < 4.78 is 5.39. The van der Waals surface area contributed by atoms with Gasteiger partial charge in [-0.2, -0.15) is 0 Å². The fourth-order valence-electron chi connectivity index (χ4n) is 6.10. The summed E-state index contributed by atoms with van der Waals surface area (Å²) in [4.78, 5) is 12.3. The summed E-state index contributed by atoms with van der Waals surface area (Å²) in [6, 6.07) is -0.748. The second kappa shape index (κ2) is 36.8. The van der Waals surface area contributed by atoms with Gasteiger partial charge in [-0.25, -0.2) is 0 Å². The van der Waals surface area contributed by atoms with Crippen molar-refractivity contribution in [3.05, 3.63) is 0 Å². The highest BCUT2D eigenvalue weighted by Gasteiger charge is 2.19. The number of aliphatic hydroxyl groups excluding tert-OH is 2. The molecule has 0 radical (unpaired) electrons. The summed E-state index contributed by atoms with van der Waals surface area (Å²) >= 11 is 0. The molecule has 0 rings (SSSR count). The Balaban J connectivity index is 3.48. The zero-order valence-electron chi connectivity index (χ0n) is 29.9. The third-order valence-electron chi connectivity index (χ3n) is 9.20. The fourth-order valence-corrected chi connectivity index (χ4v) is 6.10. The van der Waals surface area contributed by atoms with Gasteiger partial charge in [0.25, 0.3) is 0 Å². The third kappa shape index (κ3) is 32.7. The Kier molecular flexibility index (Phi) is 36.3. The van der Waals surface area contributed by atoms with Crippen LogP contribution in [0.2, 0.25) is 0 Å². The van der Waals surface area contributed by atoms with Crippen LogP contribution in [0.4, 0.5) is 0 Å². The van der Waals surface area contributed by atoms with Crippen LogP contribution in [0.3, 0.4) is 0 Å². The molecule has 2 atom stereocenters. The number of carbonyl (C=O) groups excluding carboxylic acids is 1. The van der Waals surface area contributed by atoms with Gasteiger partial charge in [0.2, 0.25) is 0 Å². The van der Waals surface area contributed by atoms with E-state index in [4.69, 9.17) is 4.74 Å². The summed E-state index contributed by atoms with van der Waals surface area (Å²) in [5, 5.41) is 22.9. The Labute approximate surface area is 275 Å². The maximum absolute atomic E-state index is 12.3. The first-order chi connectivity index (χ1) is 21.7. The van der Waals surface area contributed by atoms with Crippen LogP contribution in [-0.2, 0) is 9.53 Å². The number of rotatable bonds is 37. The van der Waals surface area contributed by atoms with E-state index in [9.17, 15) is 15.0 Å². The molecule has 0 aromatic carbocycles. The molecular weight excluding hydrogens is 546 g/mol. The van der Waals surface area contributed by atoms with Gasteiger partial charge in [0, 0.05) is 6.54 Å². The van der Waals surface area contributed by atoms with E-state index >= 15 is 0 Å². The van der Waals surface area contributed by atoms with Gasteiger partial charge in [-0.3, -0.25) is 10.1 Å². The maximum Gasteiger partial charge on any atom is 0.325 e. The van der Waals surface area contributed by atoms with Gasteiger partial charge in [0.1, 0.15) is 6.04 Å². The predicted octanol–water partition coefficient (Wildman–Crippen LogP) is 11.0. The number of unbranched alkanes of at least 4 members (excludes halogenated alkanes) is 28. The highest BCUT2D eigenvalue weighted by molar-refractivity contribution is 5.75. The molecule has 44 heavy (non-hydrogen) atoms. The molecular formula is C39H79NO4. The third-order valence-corrected chi connectivity index (χ3v) is 9.20. The van der Waals surface area contributed by atoms with E-state index in [0.717, 1.165) is 32.1 Å². The molecule has 5 heteroatoms. The van der Waals surface area contributed by atoms with E-state index in [1.807, 2.05) is 0 Å². The van der Waals surface area contributed by atoms with Crippen LogP contribution < -0.4 is 5.32 Å². The molecule has 0 aliphatic carbocycles. The molecule has 3 N–H and O–H groups in total. The van der Waals surface area contributed by atoms with E-state index in [0.29, 0.717) is 13.2 Å². The standard InChI is InChI=1S/C39H79NO4/c1-3-5-7-9-11-13-15-17-18-19-20-21-22-24-26-28-30-32-34-44-39(43)38(36-41)40-35-37(42)33-31-29-27-25-23-16-14-12-10-8-6-4-2/h37-38,40-42H,3-36H2,1-2H3/t37?,38-/m0/s1. The van der Waals surface area contributed by atoms with Crippen molar-refractivity contribution in [3.63, 3.8) is 0 Å². The number of esters is 1. The summed E-state index contributed by atoms with van der Waals surface area (Å²) in [6.45, 7) is 4.98. The van der Waals surface area contributed by atoms with Crippen molar-refractivity contribution in [1.82, 2.24) is 5.32 Å². The first-order valence-corrected chi connectivity index (χ1v) is 19.8. The second-order valence-corrected chi connectivity index (χ2v) is 13.7. The molecule has 0 aliphatic heterocycles. The Morgan fingerprint density at radius 1 is 0.523 bits per heavy atom. The normalized spacial score (nSPS) is 12.9. The van der Waals surface area contributed by atoms with Crippen LogP contribution in [0.15, 0.2) is 0 Å². The first kappa shape index (κ1) is 43.4. The Morgan fingerprint density at radius 2 is 0.841 bits per heavy atom. The second-order valence-electron chi connectivity index (χ2n) is 13.7. The number of hydrogen-bond acceptors (Lipinski definition) is 5. The first-order valence-electron chi connectivity index (χ1n) is 19.8. The predicted molar refractivity (Wildman–Crippen MR) is 190 cm³/mol. The van der Waals surface area contributed by atoms with Crippen molar-refractivity contribution in [2.24, 2.45) is 0 Å². The van der Waals surface area contributed by atoms with E-state index in [-0.39, 0.29) is 6.61 Å². The van der Waals surface area contributed by atoms with Gasteiger partial charge in [-0.05, 0) is 12.8 Å². The lowest BCUT2D eigenvalue weighted by Crippen LogP contribution is -2.44. The zero-order chi connectivity index (χ0) is 32.2. The number of carbonyl (C=O) groups is 1. The average Bonchev–Trinajstić information content (AvgIpc) is 3.03. The van der Waals surface area contributed by atoms with Crippen LogP contribution in [0.25, 0.3) is 0 Å². The molecule has 0 aliphatic rings. The number of aliphatic hydroxyl groups is 2. The molecule has 0 aromatic heterocycles. The smallest absolute Gasteiger partial charge is 0.325 e. The van der Waals surface area contributed by atoms with Gasteiger partial charge in [0.05, 0.1) is 19.3 Å². The Bertz CT molecular complexity index is 558. The Hall–Kier alpha value is -0.650. The number of hydrogen-bond donors (Lipinski definition) is 3. The highest BCUT2D eigenvalue weighted by Crippen LogP contribution is 2.15. The van der Waals surface area contributed by atoms with E-state index in [1.165, 1.54) is 167 Å². The van der Waals surface area contributed by atoms with Gasteiger partial charge < -0.3 is 14.9 Å². The fraction of sp³-hybridized carbons (Fsp3) is 0.974. The van der Waals surface area contributed by atoms with Gasteiger partial charge >= 0.3 is 5.97 Å². The average molecular weight is 626 g/mol. The molecule has 0 fully saturated rings. The molecule has 0 spiro atoms. The molecule has 0 aromatic rings. The van der Waals surface area contributed by atoms with Crippen LogP contribution >= 0.6 is 0 Å². The monoisotopic (exact) mass is 626 g/mol. The minimum absolute atomic E-state index is 0.302. The summed E-state index contributed by atoms with van der Waals surface area (Å²) in [5.41, 5.74) is 0. The SMILES string of the molecule is CCCCCCCCCCCCCCCCCCCCOC(=O)[C@H](CO)NCC(O)CCCCCCCCCCCCCC. The topological polar surface area (TPSA) is 78.8 Å². The molecule has 1 unspecified atom stereocenters. The summed E-state index contributed by atoms with van der Waals surface area (Å²) in [6.07, 6.45) is 39.9. The summed E-state index contributed by atoms with van der Waals surface area (Å²) in [7, 11) is 0. The highest BCUT2D eigenvalue weighted by atomic mass is 16.5. The summed E-state index contributed by atoms with van der Waals surface area (Å²) in [5.74, 6) is -0.406. The lowest BCUT2D eigenvalue weighted by atomic mass is 10.0. The zero-order valence-corrected chi connectivity index (χ0v) is 29.9. The largest absolute Gasteiger partial charge is 0.464 e. The Morgan fingerprint density at radius 3 is 1.18 bits per heavy atom. The van der Waals surface area contributed by atoms with Gasteiger partial charge in [0.15, 0.2) is 0 Å². The van der Waals surface area contributed by atoms with Crippen molar-refractivity contribution in [2.75, 3.05) is 19.8 Å². The number of nitrogens with one attached hydrogen (secondary N) is 1. The lowest BCUT2D eigenvalue weighted by Gasteiger charge is -2.18. The van der Waals surface area contributed by atoms with Gasteiger partial charge in [-0.15, -0.1) is 0 Å². The minimum Gasteiger partial charge on any atom is -0.464 e. The van der Waals surface area contributed by atoms with Crippen molar-refractivity contribution < 1.29 is 19.7 Å². The molecule has 5 nitrogen and oxygen atoms in total. The van der Waals surface area contributed by atoms with Gasteiger partial charge in [-0.1, -0.05) is 200 Å². The molecule has 0 saturated heterocycles. The number of ether oxygens (including phenoxy) is 1. The van der Waals surface area contributed by atoms with Crippen molar-refractivity contribution >= 4 is 5.97 Å². The van der Waals surface area contributed by atoms with E-state index in [2.05, 4.69) is 19.2 Å². The molecule has 0 saturated carbocycles. The van der Waals surface area contributed by atoms with E-state index in [1.54, 1.807) is 0 Å².